The van der Waals surface area contributed by atoms with E-state index in [1.54, 1.807) is 6.42 Å². The highest BCUT2D eigenvalue weighted by molar-refractivity contribution is 4.84. The van der Waals surface area contributed by atoms with E-state index in [2.05, 4.69) is 13.8 Å². The molecule has 2 aliphatic rings. The molecule has 15 heavy (non-hydrogen) atoms. The van der Waals surface area contributed by atoms with Crippen LogP contribution in [0.1, 0.15) is 79.1 Å². The van der Waals surface area contributed by atoms with Gasteiger partial charge in [-0.1, -0.05) is 66.2 Å². The minimum atomic E-state index is 0.650. The fraction of sp³-hybridized carbons (Fsp3) is 1.00. The van der Waals surface area contributed by atoms with Crippen LogP contribution in [0.3, 0.4) is 0 Å². The van der Waals surface area contributed by atoms with Crippen LogP contribution in [0.4, 0.5) is 0 Å². The minimum absolute atomic E-state index is 0.650. The summed E-state index contributed by atoms with van der Waals surface area (Å²) < 4.78 is 0. The lowest BCUT2D eigenvalue weighted by atomic mass is 9.72. The fourth-order valence-electron chi connectivity index (χ4n) is 3.59. The van der Waals surface area contributed by atoms with Crippen molar-refractivity contribution in [3.63, 3.8) is 0 Å². The Hall–Kier alpha value is 0. The van der Waals surface area contributed by atoms with Gasteiger partial charge in [0.25, 0.3) is 0 Å². The van der Waals surface area contributed by atoms with Gasteiger partial charge in [0.2, 0.25) is 0 Å². The van der Waals surface area contributed by atoms with Crippen molar-refractivity contribution < 1.29 is 0 Å². The molecule has 2 fully saturated rings. The van der Waals surface area contributed by atoms with Crippen LogP contribution in [0.2, 0.25) is 0 Å². The summed E-state index contributed by atoms with van der Waals surface area (Å²) in [6, 6.07) is 0. The standard InChI is InChI=1S/C13H24.C2H6/c1-13(2)9-5-8-11-6-3-4-7-12(11)10-13;1-2/h11-12H,3-10H2,1-2H3;1-2H3. The van der Waals surface area contributed by atoms with Gasteiger partial charge in [0.1, 0.15) is 0 Å². The molecule has 0 N–H and O–H groups in total. The molecule has 90 valence electrons. The molecule has 0 bridgehead atoms. The van der Waals surface area contributed by atoms with Crippen molar-refractivity contribution >= 4 is 0 Å². The molecule has 0 radical (unpaired) electrons. The Kier molecular flexibility index (Phi) is 5.15. The smallest absolute Gasteiger partial charge is 0.0351 e. The van der Waals surface area contributed by atoms with Gasteiger partial charge in [-0.3, -0.25) is 0 Å². The van der Waals surface area contributed by atoms with Crippen molar-refractivity contribution in [1.82, 2.24) is 0 Å². The van der Waals surface area contributed by atoms with Gasteiger partial charge in [-0.15, -0.1) is 0 Å². The highest BCUT2D eigenvalue weighted by Crippen LogP contribution is 2.45. The molecule has 0 nitrogen and oxygen atoms in total. The zero-order chi connectivity index (χ0) is 11.3. The SMILES string of the molecule is CC.CC1(C)CCCC2CCCCC2C1. The van der Waals surface area contributed by atoms with Gasteiger partial charge in [-0.25, -0.2) is 0 Å². The third kappa shape index (κ3) is 3.81. The summed E-state index contributed by atoms with van der Waals surface area (Å²) in [5.74, 6) is 2.20. The van der Waals surface area contributed by atoms with Gasteiger partial charge in [0.15, 0.2) is 0 Å². The van der Waals surface area contributed by atoms with Crippen LogP contribution in [0.15, 0.2) is 0 Å². The second kappa shape index (κ2) is 5.92. The summed E-state index contributed by atoms with van der Waals surface area (Å²) in [4.78, 5) is 0. The normalized spacial score (nSPS) is 34.4. The van der Waals surface area contributed by atoms with Crippen molar-refractivity contribution in [2.75, 3.05) is 0 Å². The summed E-state index contributed by atoms with van der Waals surface area (Å²) in [5.41, 5.74) is 0.650. The fourth-order valence-corrected chi connectivity index (χ4v) is 3.59. The molecular weight excluding hydrogens is 180 g/mol. The molecule has 0 spiro atoms. The first-order valence-corrected chi connectivity index (χ1v) is 7.17. The van der Waals surface area contributed by atoms with Crippen LogP contribution in [0.25, 0.3) is 0 Å². The summed E-state index contributed by atoms with van der Waals surface area (Å²) in [7, 11) is 0. The lowest BCUT2D eigenvalue weighted by Crippen LogP contribution is -2.22. The predicted octanol–water partition coefficient (Wildman–Crippen LogP) is 5.42. The predicted molar refractivity (Wildman–Crippen MR) is 69.0 cm³/mol. The molecule has 0 amide bonds. The Morgan fingerprint density at radius 2 is 1.33 bits per heavy atom. The van der Waals surface area contributed by atoms with Gasteiger partial charge in [0, 0.05) is 0 Å². The van der Waals surface area contributed by atoms with Crippen LogP contribution in [-0.4, -0.2) is 0 Å². The largest absolute Gasteiger partial charge is 0.0683 e. The number of fused-ring (bicyclic) bond motifs is 1. The molecule has 0 heteroatoms. The Morgan fingerprint density at radius 1 is 0.800 bits per heavy atom. The van der Waals surface area contributed by atoms with Gasteiger partial charge < -0.3 is 0 Å². The second-order valence-corrected chi connectivity index (χ2v) is 6.07. The zero-order valence-corrected chi connectivity index (χ0v) is 11.3. The maximum atomic E-state index is 2.48. The Morgan fingerprint density at radius 3 is 2.00 bits per heavy atom. The van der Waals surface area contributed by atoms with E-state index in [1.165, 1.54) is 44.9 Å². The van der Waals surface area contributed by atoms with Crippen molar-refractivity contribution in [3.05, 3.63) is 0 Å². The van der Waals surface area contributed by atoms with E-state index in [-0.39, 0.29) is 0 Å². The zero-order valence-electron chi connectivity index (χ0n) is 11.3. The Labute approximate surface area is 96.8 Å². The second-order valence-electron chi connectivity index (χ2n) is 6.07. The Bertz CT molecular complexity index is 169. The molecule has 2 atom stereocenters. The molecule has 2 saturated carbocycles. The molecule has 0 heterocycles. The first kappa shape index (κ1) is 13.1. The average molecular weight is 210 g/mol. The number of hydrogen-bond acceptors (Lipinski definition) is 0. The molecule has 0 aromatic carbocycles. The maximum Gasteiger partial charge on any atom is -0.0351 e. The van der Waals surface area contributed by atoms with Gasteiger partial charge >= 0.3 is 0 Å². The van der Waals surface area contributed by atoms with E-state index in [1.807, 2.05) is 13.8 Å². The molecule has 0 saturated heterocycles. The molecule has 0 aromatic rings. The van der Waals surface area contributed by atoms with Crippen LogP contribution < -0.4 is 0 Å². The monoisotopic (exact) mass is 210 g/mol. The van der Waals surface area contributed by atoms with Crippen molar-refractivity contribution in [1.29, 1.82) is 0 Å². The topological polar surface area (TPSA) is 0 Å². The van der Waals surface area contributed by atoms with E-state index in [0.29, 0.717) is 5.41 Å². The van der Waals surface area contributed by atoms with Crippen LogP contribution in [0, 0.1) is 17.3 Å². The summed E-state index contributed by atoms with van der Waals surface area (Å²) >= 11 is 0. The van der Waals surface area contributed by atoms with Crippen LogP contribution >= 0.6 is 0 Å². The van der Waals surface area contributed by atoms with Crippen LogP contribution in [0.5, 0.6) is 0 Å². The number of rotatable bonds is 0. The lowest BCUT2D eigenvalue weighted by Gasteiger charge is -2.33. The van der Waals surface area contributed by atoms with Crippen molar-refractivity contribution in [3.8, 4) is 0 Å². The first-order valence-electron chi connectivity index (χ1n) is 7.17. The number of hydrogen-bond donors (Lipinski definition) is 0. The highest BCUT2D eigenvalue weighted by Gasteiger charge is 2.33. The molecule has 0 aliphatic heterocycles. The minimum Gasteiger partial charge on any atom is -0.0683 e. The van der Waals surface area contributed by atoms with Crippen molar-refractivity contribution in [2.45, 2.75) is 79.1 Å². The highest BCUT2D eigenvalue weighted by atomic mass is 14.4. The average Bonchev–Trinajstić information content (AvgIpc) is 2.37. The van der Waals surface area contributed by atoms with E-state index in [0.717, 1.165) is 11.8 Å². The molecule has 2 unspecified atom stereocenters. The quantitative estimate of drug-likeness (QED) is 0.501. The van der Waals surface area contributed by atoms with Gasteiger partial charge in [-0.05, 0) is 30.1 Å². The molecular formula is C15H30. The maximum absolute atomic E-state index is 2.48. The lowest BCUT2D eigenvalue weighted by molar-refractivity contribution is 0.180. The Balaban J connectivity index is 0.000000531. The molecule has 2 rings (SSSR count). The summed E-state index contributed by atoms with van der Waals surface area (Å²) in [6.45, 7) is 8.95. The van der Waals surface area contributed by atoms with Crippen molar-refractivity contribution in [2.24, 2.45) is 17.3 Å². The van der Waals surface area contributed by atoms with E-state index < -0.39 is 0 Å². The van der Waals surface area contributed by atoms with Crippen LogP contribution in [-0.2, 0) is 0 Å². The van der Waals surface area contributed by atoms with E-state index >= 15 is 0 Å². The third-order valence-corrected chi connectivity index (χ3v) is 4.31. The first-order chi connectivity index (χ1) is 7.17. The van der Waals surface area contributed by atoms with E-state index in [4.69, 9.17) is 0 Å². The molecule has 2 aliphatic carbocycles. The third-order valence-electron chi connectivity index (χ3n) is 4.31. The van der Waals surface area contributed by atoms with Gasteiger partial charge in [-0.2, -0.15) is 0 Å². The summed E-state index contributed by atoms with van der Waals surface area (Å²) in [6.07, 6.45) is 12.1. The molecule has 0 aromatic heterocycles. The van der Waals surface area contributed by atoms with Gasteiger partial charge in [0.05, 0.1) is 0 Å². The van der Waals surface area contributed by atoms with E-state index in [9.17, 15) is 0 Å². The summed E-state index contributed by atoms with van der Waals surface area (Å²) in [5, 5.41) is 0.